The molecule has 1 aromatic carbocycles. The fourth-order valence-corrected chi connectivity index (χ4v) is 3.74. The summed E-state index contributed by atoms with van der Waals surface area (Å²) in [4.78, 5) is 21.1. The average Bonchev–Trinajstić information content (AvgIpc) is 2.94. The average molecular weight is 381 g/mol. The summed E-state index contributed by atoms with van der Waals surface area (Å²) in [5.74, 6) is 1.16. The highest BCUT2D eigenvalue weighted by molar-refractivity contribution is 5.76. The van der Waals surface area contributed by atoms with Crippen molar-refractivity contribution in [3.05, 3.63) is 59.4 Å². The molecule has 0 spiro atoms. The Balaban J connectivity index is 1.38. The molecule has 0 atom stereocenters. The van der Waals surface area contributed by atoms with Crippen LogP contribution >= 0.6 is 0 Å². The van der Waals surface area contributed by atoms with Gasteiger partial charge in [0.1, 0.15) is 12.4 Å². The third-order valence-corrected chi connectivity index (χ3v) is 5.29. The second kappa shape index (κ2) is 9.17. The van der Waals surface area contributed by atoms with Crippen LogP contribution < -0.4 is 4.74 Å². The van der Waals surface area contributed by atoms with Gasteiger partial charge in [-0.1, -0.05) is 18.2 Å². The van der Waals surface area contributed by atoms with E-state index in [1.165, 1.54) is 11.1 Å². The minimum atomic E-state index is 0.214. The molecule has 1 aromatic heterocycles. The maximum Gasteiger partial charge on any atom is 0.223 e. The minimum absolute atomic E-state index is 0.214. The number of pyridine rings is 1. The second-order valence-corrected chi connectivity index (χ2v) is 7.32. The molecule has 0 aliphatic carbocycles. The number of amides is 1. The number of nitrogens with zero attached hydrogens (tertiary/aromatic N) is 3. The van der Waals surface area contributed by atoms with E-state index in [1.807, 2.05) is 29.3 Å². The molecule has 2 aliphatic rings. The summed E-state index contributed by atoms with van der Waals surface area (Å²) < 4.78 is 11.3. The van der Waals surface area contributed by atoms with Gasteiger partial charge in [-0.3, -0.25) is 14.7 Å². The Morgan fingerprint density at radius 1 is 1.07 bits per heavy atom. The van der Waals surface area contributed by atoms with Gasteiger partial charge in [0.2, 0.25) is 5.91 Å². The molecule has 4 rings (SSSR count). The number of aryl methyl sites for hydroxylation is 1. The number of fused-ring (bicyclic) bond motifs is 1. The van der Waals surface area contributed by atoms with Crippen LogP contribution in [0.5, 0.6) is 5.75 Å². The molecular weight excluding hydrogens is 354 g/mol. The van der Waals surface area contributed by atoms with Gasteiger partial charge in [-0.25, -0.2) is 0 Å². The molecule has 1 amide bonds. The maximum atomic E-state index is 12.4. The van der Waals surface area contributed by atoms with Gasteiger partial charge in [0, 0.05) is 50.9 Å². The van der Waals surface area contributed by atoms with Gasteiger partial charge in [0.15, 0.2) is 0 Å². The smallest absolute Gasteiger partial charge is 0.223 e. The van der Waals surface area contributed by atoms with Gasteiger partial charge in [-0.15, -0.1) is 0 Å². The number of carbonyl (C=O) groups excluding carboxylic acids is 1. The topological polar surface area (TPSA) is 54.9 Å². The van der Waals surface area contributed by atoms with Gasteiger partial charge >= 0.3 is 0 Å². The first-order valence-electron chi connectivity index (χ1n) is 10.0. The van der Waals surface area contributed by atoms with Crippen LogP contribution in [0.25, 0.3) is 0 Å². The molecule has 148 valence electrons. The predicted molar refractivity (Wildman–Crippen MR) is 106 cm³/mol. The fraction of sp³-hybridized carbons (Fsp3) is 0.455. The van der Waals surface area contributed by atoms with Gasteiger partial charge in [0.05, 0.1) is 18.9 Å². The molecular formula is C22H27N3O3. The van der Waals surface area contributed by atoms with Crippen molar-refractivity contribution in [2.45, 2.75) is 25.9 Å². The molecule has 0 saturated carbocycles. The lowest BCUT2D eigenvalue weighted by molar-refractivity contribution is -0.135. The third-order valence-electron chi connectivity index (χ3n) is 5.29. The largest absolute Gasteiger partial charge is 0.492 e. The molecule has 0 N–H and O–H groups in total. The molecule has 2 aromatic rings. The number of morpholine rings is 1. The third kappa shape index (κ3) is 4.88. The van der Waals surface area contributed by atoms with E-state index < -0.39 is 0 Å². The van der Waals surface area contributed by atoms with Crippen LogP contribution in [-0.4, -0.2) is 60.1 Å². The Morgan fingerprint density at radius 2 is 1.96 bits per heavy atom. The van der Waals surface area contributed by atoms with Crippen LogP contribution in [0.1, 0.15) is 23.2 Å². The molecule has 6 nitrogen and oxygen atoms in total. The minimum Gasteiger partial charge on any atom is -0.492 e. The van der Waals surface area contributed by atoms with E-state index in [-0.39, 0.29) is 5.91 Å². The van der Waals surface area contributed by atoms with E-state index in [1.54, 1.807) is 0 Å². The van der Waals surface area contributed by atoms with Crippen molar-refractivity contribution in [1.29, 1.82) is 0 Å². The van der Waals surface area contributed by atoms with Crippen molar-refractivity contribution >= 4 is 5.91 Å². The Bertz CT molecular complexity index is 791. The first-order chi connectivity index (χ1) is 13.8. The molecule has 1 saturated heterocycles. The van der Waals surface area contributed by atoms with Gasteiger partial charge in [-0.2, -0.15) is 0 Å². The summed E-state index contributed by atoms with van der Waals surface area (Å²) in [7, 11) is 0. The standard InChI is InChI=1S/C22H27N3O3/c26-22(25-10-12-27-13-11-25)7-5-18-4-6-21-19(15-18)16-24(9-14-28-21)17-20-3-1-2-8-23-20/h1-4,6,8,15H,5,7,9-14,16-17H2. The van der Waals surface area contributed by atoms with Crippen LogP contribution in [0, 0.1) is 0 Å². The molecule has 6 heteroatoms. The van der Waals surface area contributed by atoms with E-state index in [9.17, 15) is 4.79 Å². The molecule has 0 unspecified atom stereocenters. The highest BCUT2D eigenvalue weighted by Gasteiger charge is 2.18. The van der Waals surface area contributed by atoms with Crippen molar-refractivity contribution in [3.63, 3.8) is 0 Å². The Kier molecular flexibility index (Phi) is 6.19. The monoisotopic (exact) mass is 381 g/mol. The van der Waals surface area contributed by atoms with Crippen molar-refractivity contribution in [1.82, 2.24) is 14.8 Å². The lowest BCUT2D eigenvalue weighted by Crippen LogP contribution is -2.40. The highest BCUT2D eigenvalue weighted by Crippen LogP contribution is 2.25. The number of ether oxygens (including phenoxy) is 2. The van der Waals surface area contributed by atoms with E-state index in [0.717, 1.165) is 37.5 Å². The van der Waals surface area contributed by atoms with Gasteiger partial charge in [0.25, 0.3) is 0 Å². The lowest BCUT2D eigenvalue weighted by atomic mass is 10.0. The second-order valence-electron chi connectivity index (χ2n) is 7.32. The Morgan fingerprint density at radius 3 is 2.79 bits per heavy atom. The number of carbonyl (C=O) groups is 1. The fourth-order valence-electron chi connectivity index (χ4n) is 3.74. The number of aromatic nitrogens is 1. The van der Waals surface area contributed by atoms with Crippen LogP contribution in [-0.2, 0) is 29.0 Å². The molecule has 0 radical (unpaired) electrons. The van der Waals surface area contributed by atoms with Gasteiger partial charge < -0.3 is 14.4 Å². The van der Waals surface area contributed by atoms with Crippen LogP contribution in [0.15, 0.2) is 42.6 Å². The number of rotatable bonds is 5. The maximum absolute atomic E-state index is 12.4. The van der Waals surface area contributed by atoms with Crippen molar-refractivity contribution in [2.24, 2.45) is 0 Å². The molecule has 28 heavy (non-hydrogen) atoms. The molecule has 2 aliphatic heterocycles. The van der Waals surface area contributed by atoms with E-state index in [2.05, 4.69) is 28.1 Å². The summed E-state index contributed by atoms with van der Waals surface area (Å²) in [5, 5.41) is 0. The number of benzene rings is 1. The molecule has 1 fully saturated rings. The van der Waals surface area contributed by atoms with Gasteiger partial charge in [-0.05, 0) is 30.2 Å². The van der Waals surface area contributed by atoms with Crippen molar-refractivity contribution in [3.8, 4) is 5.75 Å². The zero-order valence-electron chi connectivity index (χ0n) is 16.2. The first-order valence-corrected chi connectivity index (χ1v) is 10.0. The molecule has 0 bridgehead atoms. The Labute approximate surface area is 166 Å². The lowest BCUT2D eigenvalue weighted by Gasteiger charge is -2.26. The summed E-state index contributed by atoms with van der Waals surface area (Å²) in [5.41, 5.74) is 3.44. The zero-order valence-corrected chi connectivity index (χ0v) is 16.2. The number of hydrogen-bond acceptors (Lipinski definition) is 5. The summed E-state index contributed by atoms with van der Waals surface area (Å²) in [6.45, 7) is 5.89. The summed E-state index contributed by atoms with van der Waals surface area (Å²) in [6.07, 6.45) is 3.13. The number of hydrogen-bond donors (Lipinski definition) is 0. The highest BCUT2D eigenvalue weighted by atomic mass is 16.5. The van der Waals surface area contributed by atoms with Crippen molar-refractivity contribution < 1.29 is 14.3 Å². The van der Waals surface area contributed by atoms with Crippen LogP contribution in [0.3, 0.4) is 0 Å². The van der Waals surface area contributed by atoms with Crippen LogP contribution in [0.2, 0.25) is 0 Å². The van der Waals surface area contributed by atoms with E-state index >= 15 is 0 Å². The quantitative estimate of drug-likeness (QED) is 0.795. The van der Waals surface area contributed by atoms with E-state index in [0.29, 0.717) is 39.3 Å². The first kappa shape index (κ1) is 18.9. The Hall–Kier alpha value is -2.44. The summed E-state index contributed by atoms with van der Waals surface area (Å²) >= 11 is 0. The molecule has 3 heterocycles. The van der Waals surface area contributed by atoms with Crippen LogP contribution in [0.4, 0.5) is 0 Å². The van der Waals surface area contributed by atoms with Crippen molar-refractivity contribution in [2.75, 3.05) is 39.5 Å². The normalized spacial score (nSPS) is 17.5. The predicted octanol–water partition coefficient (Wildman–Crippen LogP) is 2.27. The summed E-state index contributed by atoms with van der Waals surface area (Å²) in [6, 6.07) is 12.3. The zero-order chi connectivity index (χ0) is 19.2. The SMILES string of the molecule is O=C(CCc1ccc2c(c1)CN(Cc1ccccn1)CCO2)N1CCOCC1. The van der Waals surface area contributed by atoms with E-state index in [4.69, 9.17) is 9.47 Å².